The van der Waals surface area contributed by atoms with Crippen molar-refractivity contribution in [3.63, 3.8) is 0 Å². The molecule has 1 saturated carbocycles. The minimum Gasteiger partial charge on any atom is -0.504 e. The van der Waals surface area contributed by atoms with Crippen LogP contribution < -0.4 is 11.2 Å². The molecule has 5 N–H and O–H groups in total. The normalized spacial score (nSPS) is 21.0. The molecule has 1 aromatic rings. The van der Waals surface area contributed by atoms with Gasteiger partial charge in [0, 0.05) is 22.9 Å². The van der Waals surface area contributed by atoms with Crippen LogP contribution in [0.2, 0.25) is 0 Å². The summed E-state index contributed by atoms with van der Waals surface area (Å²) >= 11 is 0. The van der Waals surface area contributed by atoms with E-state index in [0.29, 0.717) is 10.9 Å². The van der Waals surface area contributed by atoms with E-state index in [1.807, 2.05) is 0 Å². The summed E-state index contributed by atoms with van der Waals surface area (Å²) < 4.78 is 5.64. The van der Waals surface area contributed by atoms with E-state index in [0.717, 1.165) is 31.2 Å². The first-order valence-corrected chi connectivity index (χ1v) is 8.38. The Kier molecular flexibility index (Phi) is 3.58. The van der Waals surface area contributed by atoms with Crippen molar-refractivity contribution in [1.29, 1.82) is 0 Å². The molecule has 1 aromatic carbocycles. The lowest BCUT2D eigenvalue weighted by Gasteiger charge is -2.31. The van der Waals surface area contributed by atoms with E-state index in [4.69, 9.17) is 10.2 Å². The van der Waals surface area contributed by atoms with Crippen LogP contribution >= 0.6 is 0 Å². The van der Waals surface area contributed by atoms with Crippen LogP contribution in [0.3, 0.4) is 0 Å². The number of nitrogens with two attached hydrogens (primary N) is 1. The Hall–Kier alpha value is -2.73. The van der Waals surface area contributed by atoms with E-state index >= 15 is 0 Å². The number of phenols is 3. The molecule has 2 aliphatic carbocycles. The van der Waals surface area contributed by atoms with Gasteiger partial charge in [0.1, 0.15) is 0 Å². The number of rotatable bonds is 1. The van der Waals surface area contributed by atoms with Crippen LogP contribution in [0, 0.1) is 0 Å². The first-order valence-electron chi connectivity index (χ1n) is 8.38. The Morgan fingerprint density at radius 3 is 2.52 bits per heavy atom. The van der Waals surface area contributed by atoms with E-state index < -0.39 is 16.9 Å². The van der Waals surface area contributed by atoms with Gasteiger partial charge < -0.3 is 25.5 Å². The maximum atomic E-state index is 11.8. The molecule has 0 spiro atoms. The minimum atomic E-state index is -0.561. The van der Waals surface area contributed by atoms with Crippen LogP contribution in [-0.2, 0) is 0 Å². The van der Waals surface area contributed by atoms with Gasteiger partial charge in [-0.05, 0) is 42.7 Å². The Labute approximate surface area is 143 Å². The van der Waals surface area contributed by atoms with Gasteiger partial charge in [-0.25, -0.2) is 0 Å². The van der Waals surface area contributed by atoms with Gasteiger partial charge in [-0.3, -0.25) is 4.79 Å². The van der Waals surface area contributed by atoms with Gasteiger partial charge in [-0.1, -0.05) is 12.8 Å². The first kappa shape index (κ1) is 15.8. The van der Waals surface area contributed by atoms with Gasteiger partial charge in [0.05, 0.1) is 0 Å². The monoisotopic (exact) mass is 341 g/mol. The SMILES string of the molecule is NC1CCCCC1c1c2ccc(=O)c(O)c-2oc2c(O)c(O)ccc12. The van der Waals surface area contributed by atoms with Crippen molar-refractivity contribution in [1.82, 2.24) is 0 Å². The second-order valence-electron chi connectivity index (χ2n) is 6.67. The summed E-state index contributed by atoms with van der Waals surface area (Å²) in [6.07, 6.45) is 3.85. The van der Waals surface area contributed by atoms with Crippen molar-refractivity contribution in [2.45, 2.75) is 37.6 Å². The first-order chi connectivity index (χ1) is 12.0. The maximum Gasteiger partial charge on any atom is 0.224 e. The molecule has 3 aliphatic rings. The van der Waals surface area contributed by atoms with E-state index in [-0.39, 0.29) is 29.1 Å². The number of aromatic hydroxyl groups is 3. The lowest BCUT2D eigenvalue weighted by Crippen LogP contribution is -2.32. The molecule has 2 atom stereocenters. The average Bonchev–Trinajstić information content (AvgIpc) is 2.61. The minimum absolute atomic E-state index is 0.00803. The van der Waals surface area contributed by atoms with Crippen LogP contribution in [0.4, 0.5) is 0 Å². The number of benzene rings is 2. The van der Waals surface area contributed by atoms with Crippen molar-refractivity contribution < 1.29 is 19.7 Å². The smallest absolute Gasteiger partial charge is 0.224 e. The van der Waals surface area contributed by atoms with Crippen molar-refractivity contribution >= 4 is 11.0 Å². The summed E-state index contributed by atoms with van der Waals surface area (Å²) in [5.41, 5.74) is 7.29. The molecule has 0 saturated heterocycles. The molecule has 25 heavy (non-hydrogen) atoms. The van der Waals surface area contributed by atoms with Crippen LogP contribution in [0.1, 0.15) is 37.2 Å². The third-order valence-electron chi connectivity index (χ3n) is 5.18. The van der Waals surface area contributed by atoms with Gasteiger partial charge >= 0.3 is 0 Å². The fourth-order valence-corrected chi connectivity index (χ4v) is 3.91. The van der Waals surface area contributed by atoms with E-state index in [1.165, 1.54) is 12.1 Å². The Morgan fingerprint density at radius 2 is 1.76 bits per heavy atom. The summed E-state index contributed by atoms with van der Waals surface area (Å²) in [6, 6.07) is 5.94. The summed E-state index contributed by atoms with van der Waals surface area (Å²) in [7, 11) is 0. The maximum absolute atomic E-state index is 11.8. The van der Waals surface area contributed by atoms with Gasteiger partial charge in [0.2, 0.25) is 16.9 Å². The van der Waals surface area contributed by atoms with Gasteiger partial charge in [0.15, 0.2) is 17.1 Å². The Bertz CT molecular complexity index is 993. The Morgan fingerprint density at radius 1 is 1.00 bits per heavy atom. The van der Waals surface area contributed by atoms with Crippen molar-refractivity contribution in [2.75, 3.05) is 0 Å². The van der Waals surface area contributed by atoms with Gasteiger partial charge in [-0.15, -0.1) is 0 Å². The third kappa shape index (κ3) is 2.33. The molecule has 1 fully saturated rings. The molecule has 6 heteroatoms. The van der Waals surface area contributed by atoms with Crippen molar-refractivity contribution in [2.24, 2.45) is 5.73 Å². The highest BCUT2D eigenvalue weighted by molar-refractivity contribution is 5.94. The summed E-state index contributed by atoms with van der Waals surface area (Å²) in [5.74, 6) is -1.23. The predicted molar refractivity (Wildman–Crippen MR) is 93.3 cm³/mol. The zero-order chi connectivity index (χ0) is 17.7. The van der Waals surface area contributed by atoms with E-state index in [2.05, 4.69) is 0 Å². The highest BCUT2D eigenvalue weighted by atomic mass is 16.4. The van der Waals surface area contributed by atoms with E-state index in [1.54, 1.807) is 12.1 Å². The molecule has 0 amide bonds. The molecule has 0 bridgehead atoms. The predicted octanol–water partition coefficient (Wildman–Crippen LogP) is 3.00. The molecule has 1 heterocycles. The van der Waals surface area contributed by atoms with Crippen LogP contribution in [-0.4, -0.2) is 21.4 Å². The molecular formula is C19H19NO5. The third-order valence-corrected chi connectivity index (χ3v) is 5.18. The molecular weight excluding hydrogens is 322 g/mol. The fraction of sp³-hybridized carbons (Fsp3) is 0.316. The summed E-state index contributed by atoms with van der Waals surface area (Å²) in [5, 5.41) is 30.9. The van der Waals surface area contributed by atoms with Crippen molar-refractivity contribution in [3.05, 3.63) is 40.1 Å². The topological polar surface area (TPSA) is 117 Å². The quantitative estimate of drug-likeness (QED) is 0.399. The molecule has 4 rings (SSSR count). The zero-order valence-electron chi connectivity index (χ0n) is 13.5. The molecule has 1 aliphatic heterocycles. The molecule has 0 aromatic heterocycles. The van der Waals surface area contributed by atoms with Crippen LogP contribution in [0.15, 0.2) is 33.5 Å². The lowest BCUT2D eigenvalue weighted by atomic mass is 9.77. The fourth-order valence-electron chi connectivity index (χ4n) is 3.91. The second-order valence-corrected chi connectivity index (χ2v) is 6.67. The molecule has 130 valence electrons. The average molecular weight is 341 g/mol. The highest BCUT2D eigenvalue weighted by Crippen LogP contribution is 2.47. The van der Waals surface area contributed by atoms with E-state index in [9.17, 15) is 20.1 Å². The number of phenolic OH excluding ortho intramolecular Hbond substituents is 3. The largest absolute Gasteiger partial charge is 0.504 e. The zero-order valence-corrected chi connectivity index (χ0v) is 13.5. The summed E-state index contributed by atoms with van der Waals surface area (Å²) in [6.45, 7) is 0. The molecule has 2 unspecified atom stereocenters. The number of fused-ring (bicyclic) bond motifs is 2. The van der Waals surface area contributed by atoms with Gasteiger partial charge in [0.25, 0.3) is 0 Å². The van der Waals surface area contributed by atoms with Crippen LogP contribution in [0.5, 0.6) is 17.2 Å². The van der Waals surface area contributed by atoms with Gasteiger partial charge in [-0.2, -0.15) is 0 Å². The molecule has 0 radical (unpaired) electrons. The Balaban J connectivity index is 2.15. The number of hydrogen-bond donors (Lipinski definition) is 4. The lowest BCUT2D eigenvalue weighted by molar-refractivity contribution is 0.383. The summed E-state index contributed by atoms with van der Waals surface area (Å²) in [4.78, 5) is 11.8. The second kappa shape index (κ2) is 5.67. The van der Waals surface area contributed by atoms with Crippen molar-refractivity contribution in [3.8, 4) is 28.6 Å². The highest BCUT2D eigenvalue weighted by Gasteiger charge is 2.31. The number of hydrogen-bond acceptors (Lipinski definition) is 6. The standard InChI is InChI=1S/C19H19NO5/c20-12-4-2-1-3-9(12)15-10-5-7-13(21)16(23)18(10)25-19-11(15)6-8-14(22)17(19)24/h5-9,12,21,23-24H,1-4,20H2. The molecule has 6 nitrogen and oxygen atoms in total. The van der Waals surface area contributed by atoms with Crippen LogP contribution in [0.25, 0.3) is 22.3 Å².